The monoisotopic (exact) mass is 959 g/mol. The Hall–Kier alpha value is -5.59. The Morgan fingerprint density at radius 2 is 1.39 bits per heavy atom. The van der Waals surface area contributed by atoms with E-state index in [9.17, 15) is 24.4 Å². The molecule has 3 heterocycles. The number of amides is 4. The molecule has 16 nitrogen and oxygen atoms in total. The molecule has 2 bridgehead atoms. The zero-order chi connectivity index (χ0) is 51.1. The Morgan fingerprint density at radius 1 is 0.797 bits per heavy atom. The molecule has 4 rings (SSSR count). The first-order chi connectivity index (χ1) is 32.8. The smallest absolute Gasteiger partial charge is 0.329 e. The minimum atomic E-state index is -1.43. The quantitative estimate of drug-likeness (QED) is 0.111. The molecular formula is C53H82N8O8. The molecule has 382 valence electrons. The van der Waals surface area contributed by atoms with Gasteiger partial charge in [0, 0.05) is 52.0 Å². The van der Waals surface area contributed by atoms with Gasteiger partial charge < -0.3 is 39.3 Å². The van der Waals surface area contributed by atoms with Crippen molar-refractivity contribution < 1.29 is 38.0 Å². The van der Waals surface area contributed by atoms with E-state index in [1.807, 2.05) is 50.4 Å². The van der Waals surface area contributed by atoms with E-state index >= 15 is 4.79 Å². The largest absolute Gasteiger partial charge is 0.451 e. The van der Waals surface area contributed by atoms with Crippen LogP contribution < -0.4 is 20.4 Å². The number of nitrogens with one attached hydrogen (secondary N) is 2. The summed E-state index contributed by atoms with van der Waals surface area (Å²) in [5, 5.41) is 16.6. The van der Waals surface area contributed by atoms with Crippen molar-refractivity contribution in [3.05, 3.63) is 47.6 Å². The molecule has 1 aliphatic heterocycles. The van der Waals surface area contributed by atoms with Crippen LogP contribution in [-0.2, 0) is 41.6 Å². The van der Waals surface area contributed by atoms with Gasteiger partial charge in [-0.05, 0) is 67.9 Å². The summed E-state index contributed by atoms with van der Waals surface area (Å²) in [7, 11) is 6.55. The summed E-state index contributed by atoms with van der Waals surface area (Å²) in [6, 6.07) is 4.92. The third kappa shape index (κ3) is 15.0. The van der Waals surface area contributed by atoms with Crippen molar-refractivity contribution in [3.63, 3.8) is 0 Å². The predicted octanol–water partition coefficient (Wildman–Crippen LogP) is 7.96. The molecule has 4 amide bonds. The third-order valence-corrected chi connectivity index (χ3v) is 13.5. The van der Waals surface area contributed by atoms with Crippen molar-refractivity contribution in [2.75, 3.05) is 33.2 Å². The van der Waals surface area contributed by atoms with Crippen LogP contribution >= 0.6 is 0 Å². The van der Waals surface area contributed by atoms with Gasteiger partial charge in [0.15, 0.2) is 6.10 Å². The van der Waals surface area contributed by atoms with Gasteiger partial charge in [0.25, 0.3) is 5.91 Å². The fourth-order valence-corrected chi connectivity index (χ4v) is 9.25. The van der Waals surface area contributed by atoms with Crippen LogP contribution in [0.1, 0.15) is 156 Å². The summed E-state index contributed by atoms with van der Waals surface area (Å²) in [6.07, 6.45) is 7.38. The van der Waals surface area contributed by atoms with E-state index in [0.29, 0.717) is 43.2 Å². The lowest BCUT2D eigenvalue weighted by Gasteiger charge is -2.34. The molecule has 2 aromatic heterocycles. The maximum absolute atomic E-state index is 15.3. The van der Waals surface area contributed by atoms with Crippen molar-refractivity contribution in [3.8, 4) is 6.07 Å². The first kappa shape index (κ1) is 56.0. The first-order valence-electron chi connectivity index (χ1n) is 25.3. The lowest BCUT2D eigenvalue weighted by atomic mass is 9.94. The summed E-state index contributed by atoms with van der Waals surface area (Å²) in [6.45, 7) is 18.1. The SMILES string of the molecule is CCCC[C@@H](C)C[C@@H]1NC(=O)[C@H](Cc2cn(OC)c3ccccc23)N(C)c2oc(nc2CC(C)C)[C@H](CC(C)C)N(C)C(=O)[C@H](C[C@H](C)CCCC)NC(=O)[C@@H](CCC#N)OC(=O)[C@H](C)N(C)C1=O. The molecule has 3 aromatic rings. The number of carbonyl (C=O) groups excluding carboxylic acids is 5. The number of para-hydroxylation sites is 1. The maximum Gasteiger partial charge on any atom is 0.329 e. The molecular weight excluding hydrogens is 877 g/mol. The highest BCUT2D eigenvalue weighted by atomic mass is 16.6. The van der Waals surface area contributed by atoms with E-state index in [2.05, 4.69) is 52.2 Å². The summed E-state index contributed by atoms with van der Waals surface area (Å²) >= 11 is 0. The van der Waals surface area contributed by atoms with Gasteiger partial charge in [-0.3, -0.25) is 19.2 Å². The average molecular weight is 959 g/mol. The van der Waals surface area contributed by atoms with Crippen LogP contribution in [0, 0.1) is 35.0 Å². The van der Waals surface area contributed by atoms with Crippen molar-refractivity contribution in [2.45, 2.75) is 182 Å². The number of rotatable bonds is 19. The van der Waals surface area contributed by atoms with Crippen LogP contribution in [0.3, 0.4) is 0 Å². The number of aromatic nitrogens is 2. The van der Waals surface area contributed by atoms with Gasteiger partial charge in [0.1, 0.15) is 43.0 Å². The molecule has 0 radical (unpaired) electrons. The highest BCUT2D eigenvalue weighted by molar-refractivity contribution is 5.95. The number of oxazole rings is 1. The number of cyclic esters (lactones) is 1. The van der Waals surface area contributed by atoms with Crippen molar-refractivity contribution >= 4 is 46.4 Å². The third-order valence-electron chi connectivity index (χ3n) is 13.5. The number of hydrogen-bond acceptors (Lipinski definition) is 11. The fraction of sp³-hybridized carbons (Fsp3) is 0.679. The number of unbranched alkanes of at least 4 members (excludes halogenated alkanes) is 2. The van der Waals surface area contributed by atoms with Gasteiger partial charge in [0.2, 0.25) is 29.5 Å². The molecule has 0 saturated heterocycles. The highest BCUT2D eigenvalue weighted by Gasteiger charge is 2.40. The van der Waals surface area contributed by atoms with Crippen LogP contribution in [0.15, 0.2) is 34.9 Å². The molecule has 1 aliphatic rings. The minimum Gasteiger partial charge on any atom is -0.451 e. The van der Waals surface area contributed by atoms with Gasteiger partial charge in [-0.15, -0.1) is 0 Å². The molecule has 0 saturated carbocycles. The topological polar surface area (TPSA) is 192 Å². The summed E-state index contributed by atoms with van der Waals surface area (Å²) in [4.78, 5) is 89.0. The first-order valence-corrected chi connectivity index (χ1v) is 25.3. The van der Waals surface area contributed by atoms with E-state index in [1.54, 1.807) is 35.7 Å². The van der Waals surface area contributed by atoms with Gasteiger partial charge in [-0.1, -0.05) is 112 Å². The molecule has 0 fully saturated rings. The Morgan fingerprint density at radius 3 is 1.96 bits per heavy atom. The number of esters is 1. The summed E-state index contributed by atoms with van der Waals surface area (Å²) in [5.41, 5.74) is 2.26. The van der Waals surface area contributed by atoms with Gasteiger partial charge >= 0.3 is 5.97 Å². The molecule has 69 heavy (non-hydrogen) atoms. The second kappa shape index (κ2) is 26.4. The van der Waals surface area contributed by atoms with Gasteiger partial charge in [-0.25, -0.2) is 9.78 Å². The van der Waals surface area contributed by atoms with Crippen molar-refractivity contribution in [1.82, 2.24) is 30.1 Å². The number of nitrogens with zero attached hydrogens (tertiary/aromatic N) is 6. The van der Waals surface area contributed by atoms with Crippen LogP contribution in [-0.4, -0.2) is 108 Å². The zero-order valence-electron chi connectivity index (χ0n) is 43.8. The number of nitriles is 1. The van der Waals surface area contributed by atoms with E-state index in [4.69, 9.17) is 19.0 Å². The maximum atomic E-state index is 15.3. The zero-order valence-corrected chi connectivity index (χ0v) is 43.8. The van der Waals surface area contributed by atoms with Gasteiger partial charge in [-0.2, -0.15) is 9.99 Å². The Labute approximate surface area is 411 Å². The second-order valence-electron chi connectivity index (χ2n) is 20.3. The highest BCUT2D eigenvalue weighted by Crippen LogP contribution is 2.35. The standard InChI is InChI=1S/C53H82N8O8/c1-14-16-21-35(7)29-40-50(64)58(10)37(9)53(66)68-46(25-20-26-54)48(63)56-41(30-36(8)22-17-15-2)51(65)59(11)45(28-34(5)6)49-57-42(27-33(3)4)52(69-49)60(12)44(47(62)55-40)31-38-32-61(67-13)43-24-19-18-23-39(38)43/h18-19,23-24,32-37,40-41,44-46H,14-17,20-22,25,27-31H2,1-13H3,(H,55,62)(H,56,63)/t35-,36-,37+,40+,41+,44+,45+,46-/m1/s1. The number of anilines is 1. The summed E-state index contributed by atoms with van der Waals surface area (Å²) < 4.78 is 14.4. The van der Waals surface area contributed by atoms with E-state index in [1.165, 1.54) is 18.9 Å². The lowest BCUT2D eigenvalue weighted by molar-refractivity contribution is -0.163. The van der Waals surface area contributed by atoms with Crippen LogP contribution in [0.2, 0.25) is 0 Å². The number of likely N-dealkylation sites (N-methyl/N-ethyl adjacent to an activating group) is 3. The normalized spacial score (nSPS) is 22.4. The lowest BCUT2D eigenvalue weighted by Crippen LogP contribution is -2.57. The molecule has 1 aromatic carbocycles. The Bertz CT molecular complexity index is 2210. The Balaban J connectivity index is 2.00. The summed E-state index contributed by atoms with van der Waals surface area (Å²) in [5.74, 6) is -1.96. The van der Waals surface area contributed by atoms with E-state index in [0.717, 1.165) is 55.0 Å². The van der Waals surface area contributed by atoms with Crippen molar-refractivity contribution in [1.29, 1.82) is 5.26 Å². The molecule has 16 heteroatoms. The molecule has 0 spiro atoms. The molecule has 8 atom stereocenters. The van der Waals surface area contributed by atoms with E-state index < -0.39 is 60.0 Å². The van der Waals surface area contributed by atoms with Crippen molar-refractivity contribution in [2.24, 2.45) is 23.7 Å². The molecule has 2 N–H and O–H groups in total. The minimum absolute atomic E-state index is 0.0278. The van der Waals surface area contributed by atoms with Crippen LogP contribution in [0.25, 0.3) is 10.9 Å². The number of fused-ring (bicyclic) bond motifs is 3. The van der Waals surface area contributed by atoms with Crippen LogP contribution in [0.5, 0.6) is 0 Å². The number of hydrogen-bond donors (Lipinski definition) is 2. The second-order valence-corrected chi connectivity index (χ2v) is 20.3. The van der Waals surface area contributed by atoms with Gasteiger partial charge in [0.05, 0.1) is 11.6 Å². The number of benzene rings is 1. The number of ether oxygens (including phenoxy) is 1. The molecule has 0 aliphatic carbocycles. The molecule has 0 unspecified atom stereocenters. The Kier molecular flexibility index (Phi) is 21.4. The number of carbonyl (C=O) groups is 5. The van der Waals surface area contributed by atoms with Crippen LogP contribution in [0.4, 0.5) is 5.88 Å². The average Bonchev–Trinajstić information content (AvgIpc) is 3.90. The fourth-order valence-electron chi connectivity index (χ4n) is 9.25. The predicted molar refractivity (Wildman–Crippen MR) is 268 cm³/mol. The van der Waals surface area contributed by atoms with E-state index in [-0.39, 0.29) is 48.8 Å².